The summed E-state index contributed by atoms with van der Waals surface area (Å²) < 4.78 is 0. The largest absolute Gasteiger partial charge is 0.344 e. The lowest BCUT2D eigenvalue weighted by molar-refractivity contribution is -0.146. The fourth-order valence-corrected chi connectivity index (χ4v) is 7.58. The first-order valence-corrected chi connectivity index (χ1v) is 18.8. The summed E-state index contributed by atoms with van der Waals surface area (Å²) in [6.45, 7) is 13.4. The minimum atomic E-state index is -1.06. The van der Waals surface area contributed by atoms with Gasteiger partial charge < -0.3 is 20.9 Å². The van der Waals surface area contributed by atoms with Gasteiger partial charge in [-0.15, -0.1) is 0 Å². The van der Waals surface area contributed by atoms with Crippen LogP contribution in [0, 0.1) is 29.1 Å². The third kappa shape index (κ3) is 9.68. The molecular weight excluding hydrogens is 660 g/mol. The molecule has 1 aromatic heterocycles. The van der Waals surface area contributed by atoms with Gasteiger partial charge in [0.2, 0.25) is 23.5 Å². The number of aromatic nitrogens is 2. The minimum Gasteiger partial charge on any atom is -0.344 e. The zero-order valence-electron chi connectivity index (χ0n) is 31.7. The van der Waals surface area contributed by atoms with Gasteiger partial charge in [-0.3, -0.25) is 33.8 Å². The van der Waals surface area contributed by atoms with E-state index >= 15 is 0 Å². The van der Waals surface area contributed by atoms with Gasteiger partial charge in [-0.05, 0) is 54.9 Å². The molecule has 282 valence electrons. The molecule has 1 saturated carbocycles. The Kier molecular flexibility index (Phi) is 13.8. The van der Waals surface area contributed by atoms with Crippen molar-refractivity contribution in [2.24, 2.45) is 29.1 Å². The van der Waals surface area contributed by atoms with Crippen LogP contribution < -0.4 is 16.0 Å². The van der Waals surface area contributed by atoms with Crippen molar-refractivity contribution in [2.75, 3.05) is 6.54 Å². The third-order valence-corrected chi connectivity index (χ3v) is 10.8. The van der Waals surface area contributed by atoms with Crippen molar-refractivity contribution < 1.29 is 28.8 Å². The van der Waals surface area contributed by atoms with Crippen LogP contribution >= 0.6 is 0 Å². The highest BCUT2D eigenvalue weighted by atomic mass is 16.2. The van der Waals surface area contributed by atoms with Gasteiger partial charge in [-0.25, -0.2) is 4.98 Å². The van der Waals surface area contributed by atoms with Crippen LogP contribution in [0.25, 0.3) is 0 Å². The number of hydrogen-bond donors (Lipinski definition) is 3. The maximum Gasteiger partial charge on any atom is 0.290 e. The predicted molar refractivity (Wildman–Crippen MR) is 196 cm³/mol. The van der Waals surface area contributed by atoms with Crippen molar-refractivity contribution >= 4 is 35.2 Å². The van der Waals surface area contributed by atoms with E-state index in [1.54, 1.807) is 11.8 Å². The van der Waals surface area contributed by atoms with Crippen LogP contribution in [0.5, 0.6) is 0 Å². The molecule has 12 heteroatoms. The molecule has 12 nitrogen and oxygen atoms in total. The van der Waals surface area contributed by atoms with E-state index < -0.39 is 59.0 Å². The highest BCUT2D eigenvalue weighted by molar-refractivity contribution is 6.38. The molecule has 2 heterocycles. The standard InChI is InChI=1S/C40H56N6O6/c1-8-14-30(34(48)38(51)43-25(4)26-15-11-10-12-16-26)44-37(50)33-28-18-13-17-27(28)23-46(33)39(52)35(40(5,6)7)45-36(49)29(24(3)9-2)21-32(47)31-22-41-19-20-42-31/h10-12,15-16,19-20,22,24-25,27-30,33,35H,8-9,13-14,17-18,21,23H2,1-7H3,(H,43,51)(H,44,50)(H,45,49)/t24?,25-,27-,28-,29-,30-,33-,35+/m0/s1. The molecule has 1 aliphatic carbocycles. The van der Waals surface area contributed by atoms with Crippen molar-refractivity contribution in [1.82, 2.24) is 30.8 Å². The average molecular weight is 717 g/mol. The quantitative estimate of drug-likeness (QED) is 0.167. The fraction of sp³-hybridized carbons (Fsp3) is 0.600. The topological polar surface area (TPSA) is 168 Å². The molecule has 0 bridgehead atoms. The molecule has 52 heavy (non-hydrogen) atoms. The lowest BCUT2D eigenvalue weighted by atomic mass is 9.82. The molecule has 4 amide bonds. The number of nitrogens with zero attached hydrogens (tertiary/aromatic N) is 3. The molecule has 0 spiro atoms. The number of hydrogen-bond acceptors (Lipinski definition) is 8. The Morgan fingerprint density at radius 2 is 1.65 bits per heavy atom. The van der Waals surface area contributed by atoms with Crippen LogP contribution in [0.15, 0.2) is 48.9 Å². The summed E-state index contributed by atoms with van der Waals surface area (Å²) in [5.41, 5.74) is 0.280. The number of ketones is 2. The molecule has 1 unspecified atom stereocenters. The number of nitrogens with one attached hydrogen (secondary N) is 3. The first-order chi connectivity index (χ1) is 24.7. The summed E-state index contributed by atoms with van der Waals surface area (Å²) >= 11 is 0. The van der Waals surface area contributed by atoms with E-state index in [0.29, 0.717) is 19.4 Å². The smallest absolute Gasteiger partial charge is 0.290 e. The second kappa shape index (κ2) is 17.8. The molecule has 1 saturated heterocycles. The predicted octanol–water partition coefficient (Wildman–Crippen LogP) is 4.60. The number of fused-ring (bicyclic) bond motifs is 1. The number of Topliss-reactive ketones (excluding diaryl/α,β-unsaturated/α-hetero) is 2. The second-order valence-corrected chi connectivity index (χ2v) is 15.6. The molecule has 1 aliphatic heterocycles. The summed E-state index contributed by atoms with van der Waals surface area (Å²) in [5.74, 6) is -3.98. The summed E-state index contributed by atoms with van der Waals surface area (Å²) in [5, 5.41) is 8.63. The van der Waals surface area contributed by atoms with Gasteiger partial charge in [0.05, 0.1) is 18.3 Å². The highest BCUT2D eigenvalue weighted by Crippen LogP contribution is 2.43. The monoisotopic (exact) mass is 716 g/mol. The highest BCUT2D eigenvalue weighted by Gasteiger charge is 2.52. The van der Waals surface area contributed by atoms with Crippen LogP contribution in [-0.2, 0) is 24.0 Å². The van der Waals surface area contributed by atoms with Crippen LogP contribution in [0.3, 0.4) is 0 Å². The Bertz CT molecular complexity index is 1580. The van der Waals surface area contributed by atoms with E-state index in [4.69, 9.17) is 0 Å². The van der Waals surface area contributed by atoms with Gasteiger partial charge in [0, 0.05) is 31.3 Å². The lowest BCUT2D eigenvalue weighted by Gasteiger charge is -2.37. The van der Waals surface area contributed by atoms with Gasteiger partial charge in [0.1, 0.15) is 17.8 Å². The van der Waals surface area contributed by atoms with E-state index in [9.17, 15) is 28.8 Å². The molecular formula is C40H56N6O6. The maximum atomic E-state index is 14.6. The van der Waals surface area contributed by atoms with Crippen molar-refractivity contribution in [2.45, 2.75) is 118 Å². The molecule has 2 fully saturated rings. The Morgan fingerprint density at radius 1 is 0.942 bits per heavy atom. The summed E-state index contributed by atoms with van der Waals surface area (Å²) in [6, 6.07) is 5.99. The minimum absolute atomic E-state index is 0.0893. The number of carbonyl (C=O) groups is 6. The maximum absolute atomic E-state index is 14.6. The number of likely N-dealkylation sites (tertiary alicyclic amines) is 1. The Hall–Kier alpha value is -4.48. The van der Waals surface area contributed by atoms with Gasteiger partial charge in [-0.1, -0.05) is 91.1 Å². The Morgan fingerprint density at radius 3 is 2.27 bits per heavy atom. The second-order valence-electron chi connectivity index (χ2n) is 15.6. The lowest BCUT2D eigenvalue weighted by Crippen LogP contribution is -2.60. The number of carbonyl (C=O) groups excluding carboxylic acids is 6. The van der Waals surface area contributed by atoms with E-state index in [0.717, 1.165) is 24.8 Å². The van der Waals surface area contributed by atoms with Gasteiger partial charge in [-0.2, -0.15) is 0 Å². The van der Waals surface area contributed by atoms with Gasteiger partial charge >= 0.3 is 0 Å². The van der Waals surface area contributed by atoms with Crippen LogP contribution in [0.2, 0.25) is 0 Å². The molecule has 8 atom stereocenters. The number of amides is 4. The van der Waals surface area contributed by atoms with Gasteiger partial charge in [0.15, 0.2) is 5.78 Å². The van der Waals surface area contributed by atoms with Crippen molar-refractivity contribution in [3.05, 3.63) is 60.2 Å². The Balaban J connectivity index is 1.54. The summed E-state index contributed by atoms with van der Waals surface area (Å²) in [7, 11) is 0. The third-order valence-electron chi connectivity index (χ3n) is 10.8. The van der Waals surface area contributed by atoms with E-state index in [1.165, 1.54) is 18.6 Å². The zero-order chi connectivity index (χ0) is 38.2. The van der Waals surface area contributed by atoms with E-state index in [-0.39, 0.29) is 48.0 Å². The summed E-state index contributed by atoms with van der Waals surface area (Å²) in [6.07, 6.45) is 8.18. The van der Waals surface area contributed by atoms with E-state index in [2.05, 4.69) is 25.9 Å². The SMILES string of the molecule is CCC[C@H](NC(=O)[C@@H]1[C@H]2CCC[C@H]2CN1C(=O)[C@@H](NC(=O)[C@@H](CC(=O)c1cnccn1)C(C)CC)C(C)(C)C)C(=O)C(=O)N[C@@H](C)c1ccccc1. The fourth-order valence-electron chi connectivity index (χ4n) is 7.58. The molecule has 1 aromatic carbocycles. The first-order valence-electron chi connectivity index (χ1n) is 18.8. The number of benzene rings is 1. The Labute approximate surface area is 307 Å². The van der Waals surface area contributed by atoms with Crippen LogP contribution in [0.1, 0.15) is 116 Å². The first kappa shape index (κ1) is 40.3. The molecule has 2 aromatic rings. The molecule has 0 radical (unpaired) electrons. The van der Waals surface area contributed by atoms with Crippen molar-refractivity contribution in [1.29, 1.82) is 0 Å². The van der Waals surface area contributed by atoms with Gasteiger partial charge in [0.25, 0.3) is 5.91 Å². The average Bonchev–Trinajstić information content (AvgIpc) is 3.73. The number of rotatable bonds is 16. The molecule has 3 N–H and O–H groups in total. The van der Waals surface area contributed by atoms with Crippen LogP contribution in [0.4, 0.5) is 0 Å². The summed E-state index contributed by atoms with van der Waals surface area (Å²) in [4.78, 5) is 92.2. The zero-order valence-corrected chi connectivity index (χ0v) is 31.7. The molecule has 4 rings (SSSR count). The van der Waals surface area contributed by atoms with Crippen LogP contribution in [-0.4, -0.2) is 74.7 Å². The van der Waals surface area contributed by atoms with Crippen molar-refractivity contribution in [3.63, 3.8) is 0 Å². The van der Waals surface area contributed by atoms with Crippen molar-refractivity contribution in [3.8, 4) is 0 Å². The molecule has 2 aliphatic rings. The normalized spacial score (nSPS) is 21.2. The van der Waals surface area contributed by atoms with E-state index in [1.807, 2.05) is 71.9 Å².